The molecule has 3 aromatic rings. The molecule has 606 valence electrons. The van der Waals surface area contributed by atoms with Crippen LogP contribution in [0.25, 0.3) is 0 Å². The van der Waals surface area contributed by atoms with Gasteiger partial charge in [-0.05, 0) is 100 Å². The summed E-state index contributed by atoms with van der Waals surface area (Å²) in [5.74, 6) is -2.90. The summed E-state index contributed by atoms with van der Waals surface area (Å²) < 4.78 is 74.5. The van der Waals surface area contributed by atoms with Gasteiger partial charge in [0.25, 0.3) is 10.9 Å². The predicted octanol–water partition coefficient (Wildman–Crippen LogP) is 14.6. The third-order valence-corrected chi connectivity index (χ3v) is 21.7. The molecule has 1 aliphatic rings. The average molecular weight is 1540 g/mol. The number of Topliss-reactive ketones (excluding diaryl/α,β-unsaturated/α-hetero) is 1. The highest BCUT2D eigenvalue weighted by Gasteiger charge is 2.29. The molecule has 0 radical (unpaired) electrons. The van der Waals surface area contributed by atoms with Gasteiger partial charge in [0.05, 0.1) is 30.6 Å². The summed E-state index contributed by atoms with van der Waals surface area (Å²) in [6, 6.07) is 7.12. The third kappa shape index (κ3) is 41.8. The van der Waals surface area contributed by atoms with Gasteiger partial charge in [-0.2, -0.15) is 0 Å². The maximum absolute atomic E-state index is 13.5. The first kappa shape index (κ1) is 92.9. The summed E-state index contributed by atoms with van der Waals surface area (Å²) in [6.07, 6.45) is 38.0. The number of amides is 2. The molecule has 1 aromatic heterocycles. The Morgan fingerprint density at radius 3 is 1.68 bits per heavy atom. The summed E-state index contributed by atoms with van der Waals surface area (Å²) in [7, 11) is -8.96. The van der Waals surface area contributed by atoms with Crippen molar-refractivity contribution in [2.75, 3.05) is 88.3 Å². The van der Waals surface area contributed by atoms with Crippen molar-refractivity contribution in [2.45, 2.75) is 302 Å². The number of aryl methyl sites for hydroxylation is 4. The summed E-state index contributed by atoms with van der Waals surface area (Å²) in [6.45, 7) is 6.25. The molecule has 0 bridgehead atoms. The topological polar surface area (TPSA) is 369 Å². The number of carboxylic acids is 1. The molecule has 2 heterocycles. The lowest BCUT2D eigenvalue weighted by atomic mass is 9.99. The van der Waals surface area contributed by atoms with Gasteiger partial charge in [-0.25, -0.2) is 27.5 Å². The van der Waals surface area contributed by atoms with Crippen LogP contribution in [-0.4, -0.2) is 138 Å². The monoisotopic (exact) mass is 1540 g/mol. The summed E-state index contributed by atoms with van der Waals surface area (Å²) in [5.41, 5.74) is 1.19. The van der Waals surface area contributed by atoms with Crippen LogP contribution < -0.4 is 46.9 Å². The number of esters is 2. The van der Waals surface area contributed by atoms with Gasteiger partial charge in [-0.3, -0.25) is 42.6 Å². The van der Waals surface area contributed by atoms with E-state index < -0.39 is 84.5 Å². The number of hydrogen-bond acceptors (Lipinski definition) is 21. The van der Waals surface area contributed by atoms with Gasteiger partial charge in [-0.15, -0.1) is 0 Å². The van der Waals surface area contributed by atoms with Crippen LogP contribution >= 0.6 is 7.82 Å². The van der Waals surface area contributed by atoms with Crippen molar-refractivity contribution in [3.05, 3.63) is 67.1 Å². The molecule has 0 saturated carbocycles. The van der Waals surface area contributed by atoms with Crippen molar-refractivity contribution < 1.29 is 79.7 Å². The van der Waals surface area contributed by atoms with Gasteiger partial charge >= 0.3 is 31.8 Å². The number of carboxylic acid groups (broad SMARTS) is 1. The highest BCUT2D eigenvalue weighted by molar-refractivity contribution is 7.89. The van der Waals surface area contributed by atoms with Gasteiger partial charge in [0.2, 0.25) is 15.9 Å². The Labute approximate surface area is 636 Å². The molecule has 28 heteroatoms. The molecule has 26 nitrogen and oxygen atoms in total. The van der Waals surface area contributed by atoms with Crippen LogP contribution in [0, 0.1) is 19.8 Å². The maximum Gasteiger partial charge on any atom is 0.472 e. The number of ether oxygens (including phenoxy) is 4. The molecule has 107 heavy (non-hydrogen) atoms. The van der Waals surface area contributed by atoms with Crippen LogP contribution in [0.3, 0.4) is 0 Å². The Kier molecular flexibility index (Phi) is 48.4. The number of unbranched alkanes of at least 4 members (excludes halogenated alkanes) is 29. The number of nitrogens with one attached hydrogen (secondary N) is 6. The van der Waals surface area contributed by atoms with E-state index in [0.717, 1.165) is 75.8 Å². The van der Waals surface area contributed by atoms with Crippen LogP contribution in [0.4, 0.5) is 22.0 Å². The number of ketones is 1. The molecule has 3 unspecified atom stereocenters. The standard InChI is InChI=1S/C79H130N7O19PS/c1-5-7-9-11-13-15-17-19-21-23-25-27-29-31-33-43-70(89)102-59-68(105-71(90)44-34-32-30-28-26-24-22-20-18-16-14-12-10-8-6-2)60-104-106(96,97)103-54-51-84-79(95)101-53-50-82-73-72(74(91)75(73)92)81-49-48-80-69(88)42-38-52-100-67-55-61(3)76(62(4)56-67)107(98,99)85-58-64(78(93)94)57-66(87)41-36-35-40-65-46-45-63-39-37-47-83-77(63)86-65/h45-46,55-56,64,68,81-82,85H,5-44,47-54,57-60H2,1-4H3,(H,80,88)(H,83,86)(H,84,95)(H,93,94)(H,96,97). The Bertz CT molecular complexity index is 3290. The minimum absolute atomic E-state index is 0.00687. The molecule has 2 amide bonds. The van der Waals surface area contributed by atoms with Crippen molar-refractivity contribution >= 4 is 70.7 Å². The summed E-state index contributed by atoms with van der Waals surface area (Å²) in [4.78, 5) is 116. The number of phosphoric ester groups is 1. The number of sulfonamides is 1. The van der Waals surface area contributed by atoms with E-state index in [-0.39, 0.29) is 106 Å². The normalized spacial score (nSPS) is 13.2. The SMILES string of the molecule is CCCCCCCCCCCCCCCCCC(=O)OCC(COP(=O)(O)OCCNC(=O)OCCNc1c(NCCNC(=O)CCCOc2cc(C)c(S(=O)(=O)NCC(CC(=O)CCCCc3ccc4c(n3)NCCC4)C(=O)O)c(C)c2)c(=O)c1=O)OC(=O)CCCCCCCCCCCCCCCCC. The second-order valence-corrected chi connectivity index (χ2v) is 31.6. The summed E-state index contributed by atoms with van der Waals surface area (Å²) in [5, 5.41) is 23.9. The van der Waals surface area contributed by atoms with Crippen LogP contribution in [-0.2, 0) is 74.7 Å². The molecular weight excluding hydrogens is 1410 g/mol. The van der Waals surface area contributed by atoms with Crippen LogP contribution in [0.15, 0.2) is 38.8 Å². The third-order valence-electron chi connectivity index (χ3n) is 19.0. The van der Waals surface area contributed by atoms with Gasteiger partial charge in [0, 0.05) is 77.1 Å². The number of carbonyl (C=O) groups is 6. The molecule has 2 aromatic carbocycles. The van der Waals surface area contributed by atoms with Gasteiger partial charge < -0.3 is 55.5 Å². The number of aromatic nitrogens is 1. The Balaban J connectivity index is 1.07. The molecule has 0 fully saturated rings. The lowest BCUT2D eigenvalue weighted by Crippen LogP contribution is -2.39. The van der Waals surface area contributed by atoms with Crippen molar-refractivity contribution in [1.82, 2.24) is 20.3 Å². The fourth-order valence-electron chi connectivity index (χ4n) is 12.9. The Morgan fingerprint density at radius 1 is 0.589 bits per heavy atom. The van der Waals surface area contributed by atoms with Crippen molar-refractivity contribution in [2.24, 2.45) is 5.92 Å². The number of nitrogens with zero attached hydrogens (tertiary/aromatic N) is 1. The lowest BCUT2D eigenvalue weighted by Gasteiger charge is -2.20. The fraction of sp³-hybridized carbons (Fsp3) is 0.734. The number of benzene rings is 1. The van der Waals surface area contributed by atoms with Gasteiger partial charge in [0.1, 0.15) is 41.9 Å². The van der Waals surface area contributed by atoms with Gasteiger partial charge in [-0.1, -0.05) is 200 Å². The second kappa shape index (κ2) is 55.8. The first-order valence-electron chi connectivity index (χ1n) is 40.3. The van der Waals surface area contributed by atoms with E-state index in [1.54, 1.807) is 13.8 Å². The zero-order valence-corrected chi connectivity index (χ0v) is 66.6. The number of hydrogen-bond donors (Lipinski definition) is 8. The molecule has 3 atom stereocenters. The number of phosphoric acid groups is 1. The minimum Gasteiger partial charge on any atom is -0.494 e. The number of carbonyl (C=O) groups excluding carboxylic acids is 5. The van der Waals surface area contributed by atoms with E-state index in [1.165, 1.54) is 153 Å². The second-order valence-electron chi connectivity index (χ2n) is 28.5. The minimum atomic E-state index is -4.76. The van der Waals surface area contributed by atoms with Crippen molar-refractivity contribution in [3.8, 4) is 5.75 Å². The van der Waals surface area contributed by atoms with E-state index in [0.29, 0.717) is 55.4 Å². The molecule has 4 rings (SSSR count). The molecule has 8 N–H and O–H groups in total. The number of rotatable bonds is 67. The molecule has 0 aliphatic carbocycles. The van der Waals surface area contributed by atoms with Crippen LogP contribution in [0.1, 0.15) is 287 Å². The first-order chi connectivity index (χ1) is 51.6. The van der Waals surface area contributed by atoms with Crippen LogP contribution in [0.5, 0.6) is 5.75 Å². The van der Waals surface area contributed by atoms with Crippen molar-refractivity contribution in [1.29, 1.82) is 0 Å². The van der Waals surface area contributed by atoms with E-state index in [4.69, 9.17) is 28.0 Å². The van der Waals surface area contributed by atoms with E-state index in [9.17, 15) is 61.3 Å². The molecular formula is C79H130N7O19PS. The number of anilines is 3. The fourth-order valence-corrected chi connectivity index (χ4v) is 15.2. The van der Waals surface area contributed by atoms with Gasteiger partial charge in [0.15, 0.2) is 6.10 Å². The van der Waals surface area contributed by atoms with Crippen LogP contribution in [0.2, 0.25) is 0 Å². The average Bonchev–Trinajstić information content (AvgIpc) is 0.799. The largest absolute Gasteiger partial charge is 0.494 e. The predicted molar refractivity (Wildman–Crippen MR) is 418 cm³/mol. The zero-order chi connectivity index (χ0) is 77.8. The molecule has 0 saturated heterocycles. The molecule has 0 spiro atoms. The highest BCUT2D eigenvalue weighted by atomic mass is 32.2. The molecule has 1 aliphatic heterocycles. The number of pyridine rings is 1. The van der Waals surface area contributed by atoms with E-state index in [2.05, 4.69) is 56.2 Å². The number of alkyl carbamates (subject to hydrolysis) is 1. The van der Waals surface area contributed by atoms with Crippen molar-refractivity contribution in [3.63, 3.8) is 0 Å². The number of fused-ring (bicyclic) bond motifs is 1. The number of aliphatic carboxylic acids is 1. The quantitative estimate of drug-likeness (QED) is 0.00855. The highest BCUT2D eigenvalue weighted by Crippen LogP contribution is 2.43. The summed E-state index contributed by atoms with van der Waals surface area (Å²) >= 11 is 0. The zero-order valence-electron chi connectivity index (χ0n) is 64.9. The van der Waals surface area contributed by atoms with E-state index >= 15 is 0 Å². The first-order valence-corrected chi connectivity index (χ1v) is 43.3. The maximum atomic E-state index is 13.5. The Morgan fingerprint density at radius 2 is 1.12 bits per heavy atom. The smallest absolute Gasteiger partial charge is 0.472 e. The Hall–Kier alpha value is -6.51. The lowest BCUT2D eigenvalue weighted by molar-refractivity contribution is -0.161. The van der Waals surface area contributed by atoms with E-state index in [1.807, 2.05) is 6.07 Å².